The first kappa shape index (κ1) is 23.9. The molecule has 1 N–H and O–H groups in total. The third kappa shape index (κ3) is 4.69. The minimum Gasteiger partial charge on any atom is -0.465 e. The molecule has 0 fully saturated rings. The lowest BCUT2D eigenvalue weighted by Gasteiger charge is -2.39. The molecule has 3 atom stereocenters. The van der Waals surface area contributed by atoms with Crippen LogP contribution < -0.4 is 5.32 Å². The van der Waals surface area contributed by atoms with Gasteiger partial charge in [-0.3, -0.25) is 4.79 Å². The Bertz CT molecular complexity index is 1130. The number of esters is 2. The molecule has 0 radical (unpaired) electrons. The lowest BCUT2D eigenvalue weighted by molar-refractivity contribution is -0.141. The van der Waals surface area contributed by atoms with Gasteiger partial charge in [0.1, 0.15) is 12.4 Å². The summed E-state index contributed by atoms with van der Waals surface area (Å²) in [5.74, 6) is -1.97. The second-order valence-corrected chi connectivity index (χ2v) is 9.25. The number of ketones is 1. The van der Waals surface area contributed by atoms with E-state index in [1.807, 2.05) is 24.4 Å². The SMILES string of the molecule is COCCOC(=O)C1=C(C)NC2=CC(c3cccs3)CC(=O)C2C1c1ccc(C(=O)OC)cc1. The van der Waals surface area contributed by atoms with Crippen molar-refractivity contribution in [1.82, 2.24) is 5.32 Å². The molecule has 0 saturated heterocycles. The zero-order valence-electron chi connectivity index (χ0n) is 19.3. The van der Waals surface area contributed by atoms with Crippen LogP contribution in [0, 0.1) is 5.92 Å². The minimum atomic E-state index is -0.547. The molecule has 2 aliphatic rings. The molecule has 1 aliphatic carbocycles. The predicted molar refractivity (Wildman–Crippen MR) is 127 cm³/mol. The molecule has 178 valence electrons. The van der Waals surface area contributed by atoms with Gasteiger partial charge in [-0.25, -0.2) is 9.59 Å². The second-order valence-electron chi connectivity index (χ2n) is 8.28. The first-order valence-corrected chi connectivity index (χ1v) is 11.9. The molecule has 0 saturated carbocycles. The van der Waals surface area contributed by atoms with Crippen molar-refractivity contribution in [3.05, 3.63) is 80.8 Å². The highest BCUT2D eigenvalue weighted by atomic mass is 32.1. The molecule has 1 aromatic heterocycles. The number of hydrogen-bond acceptors (Lipinski definition) is 8. The summed E-state index contributed by atoms with van der Waals surface area (Å²) in [7, 11) is 2.86. The first-order chi connectivity index (χ1) is 16.4. The van der Waals surface area contributed by atoms with E-state index >= 15 is 0 Å². The fourth-order valence-electron chi connectivity index (χ4n) is 4.63. The number of ether oxygens (including phenoxy) is 3. The Morgan fingerprint density at radius 1 is 1.06 bits per heavy atom. The van der Waals surface area contributed by atoms with Crippen LogP contribution in [0.3, 0.4) is 0 Å². The number of methoxy groups -OCH3 is 2. The lowest BCUT2D eigenvalue weighted by Crippen LogP contribution is -2.42. The third-order valence-corrected chi connectivity index (χ3v) is 7.21. The normalized spacial score (nSPS) is 21.9. The number of carbonyl (C=O) groups excluding carboxylic acids is 3. The van der Waals surface area contributed by atoms with Crippen molar-refractivity contribution < 1.29 is 28.6 Å². The standard InChI is InChI=1S/C26H27NO6S/c1-15-22(26(30)33-11-10-31-2)23(16-6-8-17(9-7-16)25(29)32-3)24-19(27-15)13-18(14-20(24)28)21-5-4-12-34-21/h4-9,12-13,18,23-24,27H,10-11,14H2,1-3H3. The van der Waals surface area contributed by atoms with Crippen molar-refractivity contribution in [2.75, 3.05) is 27.4 Å². The summed E-state index contributed by atoms with van der Waals surface area (Å²) in [6, 6.07) is 10.9. The number of allylic oxidation sites excluding steroid dienone is 3. The number of benzene rings is 1. The van der Waals surface area contributed by atoms with Crippen LogP contribution in [0.25, 0.3) is 0 Å². The van der Waals surface area contributed by atoms with Crippen molar-refractivity contribution in [3.63, 3.8) is 0 Å². The summed E-state index contributed by atoms with van der Waals surface area (Å²) in [5, 5.41) is 5.32. The molecule has 1 aromatic carbocycles. The van der Waals surface area contributed by atoms with Crippen LogP contribution in [0.1, 0.15) is 46.0 Å². The Labute approximate surface area is 202 Å². The molecular formula is C26H27NO6S. The summed E-state index contributed by atoms with van der Waals surface area (Å²) in [4.78, 5) is 39.7. The van der Waals surface area contributed by atoms with Crippen LogP contribution in [-0.4, -0.2) is 45.2 Å². The van der Waals surface area contributed by atoms with Crippen molar-refractivity contribution in [3.8, 4) is 0 Å². The Hall–Kier alpha value is -3.23. The molecule has 4 rings (SSSR count). The van der Waals surface area contributed by atoms with E-state index in [4.69, 9.17) is 14.2 Å². The van der Waals surface area contributed by atoms with Gasteiger partial charge in [-0.1, -0.05) is 24.3 Å². The molecule has 0 amide bonds. The van der Waals surface area contributed by atoms with Crippen LogP contribution in [0.2, 0.25) is 0 Å². The molecular weight excluding hydrogens is 454 g/mol. The monoisotopic (exact) mass is 481 g/mol. The zero-order valence-corrected chi connectivity index (χ0v) is 20.1. The minimum absolute atomic E-state index is 0.00314. The van der Waals surface area contributed by atoms with Gasteiger partial charge in [-0.15, -0.1) is 11.3 Å². The Morgan fingerprint density at radius 2 is 1.82 bits per heavy atom. The highest BCUT2D eigenvalue weighted by molar-refractivity contribution is 7.10. The summed E-state index contributed by atoms with van der Waals surface area (Å²) in [5.41, 5.74) is 3.00. The quantitative estimate of drug-likeness (QED) is 0.473. The van der Waals surface area contributed by atoms with E-state index in [1.165, 1.54) is 14.2 Å². The molecule has 2 heterocycles. The van der Waals surface area contributed by atoms with E-state index < -0.39 is 23.8 Å². The maximum Gasteiger partial charge on any atom is 0.337 e. The number of nitrogens with one attached hydrogen (secondary N) is 1. The second kappa shape index (κ2) is 10.4. The van der Waals surface area contributed by atoms with Crippen LogP contribution >= 0.6 is 11.3 Å². The van der Waals surface area contributed by atoms with Crippen LogP contribution in [0.5, 0.6) is 0 Å². The van der Waals surface area contributed by atoms with Crippen LogP contribution in [0.4, 0.5) is 0 Å². The number of carbonyl (C=O) groups is 3. The van der Waals surface area contributed by atoms with Gasteiger partial charge in [0.15, 0.2) is 0 Å². The van der Waals surface area contributed by atoms with Crippen molar-refractivity contribution in [2.24, 2.45) is 5.92 Å². The average molecular weight is 482 g/mol. The summed E-state index contributed by atoms with van der Waals surface area (Å²) in [6.07, 6.45) is 2.46. The number of fused-ring (bicyclic) bond motifs is 1. The van der Waals surface area contributed by atoms with Crippen LogP contribution in [-0.2, 0) is 23.8 Å². The predicted octanol–water partition coefficient (Wildman–Crippen LogP) is 3.94. The molecule has 8 heteroatoms. The highest BCUT2D eigenvalue weighted by Crippen LogP contribution is 2.46. The van der Waals surface area contributed by atoms with E-state index in [-0.39, 0.29) is 24.9 Å². The molecule has 0 bridgehead atoms. The van der Waals surface area contributed by atoms with Gasteiger partial charge in [0.2, 0.25) is 0 Å². The first-order valence-electron chi connectivity index (χ1n) is 11.0. The van der Waals surface area contributed by atoms with Crippen LogP contribution in [0.15, 0.2) is 64.8 Å². The average Bonchev–Trinajstić information content (AvgIpc) is 3.38. The fourth-order valence-corrected chi connectivity index (χ4v) is 5.43. The maximum atomic E-state index is 13.5. The van der Waals surface area contributed by atoms with Crippen molar-refractivity contribution in [2.45, 2.75) is 25.2 Å². The third-order valence-electron chi connectivity index (χ3n) is 6.20. The van der Waals surface area contributed by atoms with Gasteiger partial charge in [-0.2, -0.15) is 0 Å². The van der Waals surface area contributed by atoms with E-state index in [2.05, 4.69) is 11.4 Å². The maximum absolute atomic E-state index is 13.5. The largest absolute Gasteiger partial charge is 0.465 e. The molecule has 3 unspecified atom stereocenters. The highest BCUT2D eigenvalue weighted by Gasteiger charge is 2.45. The Morgan fingerprint density at radius 3 is 2.47 bits per heavy atom. The molecule has 2 aromatic rings. The summed E-state index contributed by atoms with van der Waals surface area (Å²) in [6.45, 7) is 2.21. The lowest BCUT2D eigenvalue weighted by atomic mass is 9.69. The van der Waals surface area contributed by atoms with Gasteiger partial charge in [0.25, 0.3) is 0 Å². The number of rotatable bonds is 7. The van der Waals surface area contributed by atoms with E-state index in [0.29, 0.717) is 23.3 Å². The van der Waals surface area contributed by atoms with Crippen molar-refractivity contribution >= 4 is 29.1 Å². The molecule has 0 spiro atoms. The topological polar surface area (TPSA) is 90.9 Å². The summed E-state index contributed by atoms with van der Waals surface area (Å²) >= 11 is 1.63. The van der Waals surface area contributed by atoms with Gasteiger partial charge >= 0.3 is 11.9 Å². The Kier molecular flexibility index (Phi) is 7.29. The van der Waals surface area contributed by atoms with Gasteiger partial charge in [0.05, 0.1) is 30.8 Å². The number of thiophene rings is 1. The van der Waals surface area contributed by atoms with E-state index in [0.717, 1.165) is 16.1 Å². The van der Waals surface area contributed by atoms with Gasteiger partial charge in [-0.05, 0) is 36.1 Å². The van der Waals surface area contributed by atoms with Gasteiger partial charge < -0.3 is 19.5 Å². The van der Waals surface area contributed by atoms with Gasteiger partial charge in [0, 0.05) is 41.6 Å². The molecule has 1 aliphatic heterocycles. The van der Waals surface area contributed by atoms with Crippen molar-refractivity contribution in [1.29, 1.82) is 0 Å². The Balaban J connectivity index is 1.77. The number of hydrogen-bond donors (Lipinski definition) is 1. The van der Waals surface area contributed by atoms with E-state index in [9.17, 15) is 14.4 Å². The summed E-state index contributed by atoms with van der Waals surface area (Å²) < 4.78 is 15.2. The molecule has 34 heavy (non-hydrogen) atoms. The molecule has 7 nitrogen and oxygen atoms in total. The smallest absolute Gasteiger partial charge is 0.337 e. The number of Topliss-reactive ketones (excluding diaryl/α,β-unsaturated/α-hetero) is 1. The van der Waals surface area contributed by atoms with E-state index in [1.54, 1.807) is 35.6 Å². The fraction of sp³-hybridized carbons (Fsp3) is 0.346. The zero-order chi connectivity index (χ0) is 24.2.